The highest BCUT2D eigenvalue weighted by molar-refractivity contribution is 6.42. The SMILES string of the molecule is O=C1OCC(CCC[N+]23CCC(c4ccccc4)(CC2)CC3)(c2ccc(Cl)c(Cl)c2)CN1Cc1ccccc1.[Cl-]. The van der Waals surface area contributed by atoms with Gasteiger partial charge in [0.05, 0.1) is 36.2 Å². The Morgan fingerprint density at radius 2 is 1.48 bits per heavy atom. The van der Waals surface area contributed by atoms with Crippen LogP contribution in [-0.4, -0.2) is 54.8 Å². The third kappa shape index (κ3) is 5.74. The van der Waals surface area contributed by atoms with Crippen LogP contribution in [0.3, 0.4) is 0 Å². The van der Waals surface area contributed by atoms with Gasteiger partial charge >= 0.3 is 6.09 Å². The van der Waals surface area contributed by atoms with Crippen molar-refractivity contribution >= 4 is 29.3 Å². The van der Waals surface area contributed by atoms with Gasteiger partial charge in [0.1, 0.15) is 6.61 Å². The molecule has 0 radical (unpaired) electrons. The molecule has 1 atom stereocenters. The monoisotopic (exact) mass is 598 g/mol. The van der Waals surface area contributed by atoms with Gasteiger partial charge in [-0.15, -0.1) is 0 Å². The molecule has 0 aliphatic carbocycles. The van der Waals surface area contributed by atoms with E-state index < -0.39 is 0 Å². The highest BCUT2D eigenvalue weighted by Gasteiger charge is 2.50. The minimum absolute atomic E-state index is 0. The number of nitrogens with zero attached hydrogens (tertiary/aromatic N) is 2. The Hall–Kier alpha value is -2.24. The minimum atomic E-state index is -0.325. The van der Waals surface area contributed by atoms with E-state index >= 15 is 0 Å². The zero-order valence-corrected chi connectivity index (χ0v) is 25.1. The summed E-state index contributed by atoms with van der Waals surface area (Å²) in [7, 11) is 0. The molecule has 0 N–H and O–H groups in total. The third-order valence-electron chi connectivity index (χ3n) is 9.84. The number of benzene rings is 3. The molecule has 7 rings (SSSR count). The quantitative estimate of drug-likeness (QED) is 0.354. The molecule has 3 aromatic carbocycles. The van der Waals surface area contributed by atoms with Crippen molar-refractivity contribution in [1.82, 2.24) is 4.90 Å². The Labute approximate surface area is 254 Å². The van der Waals surface area contributed by atoms with Crippen LogP contribution in [0.1, 0.15) is 48.8 Å². The minimum Gasteiger partial charge on any atom is -1.00 e. The Kier molecular flexibility index (Phi) is 8.73. The fourth-order valence-electron chi connectivity index (χ4n) is 7.36. The second-order valence-electron chi connectivity index (χ2n) is 12.0. The molecule has 3 aromatic rings. The fraction of sp³-hybridized carbons (Fsp3) is 0.424. The van der Waals surface area contributed by atoms with Crippen molar-refractivity contribution in [3.05, 3.63) is 106 Å². The topological polar surface area (TPSA) is 29.5 Å². The molecule has 7 heteroatoms. The lowest BCUT2D eigenvalue weighted by atomic mass is 9.66. The van der Waals surface area contributed by atoms with Crippen LogP contribution in [-0.2, 0) is 22.1 Å². The van der Waals surface area contributed by atoms with E-state index in [9.17, 15) is 4.79 Å². The number of amides is 1. The number of carbonyl (C=O) groups is 1. The molecule has 212 valence electrons. The first-order valence-electron chi connectivity index (χ1n) is 14.2. The lowest BCUT2D eigenvalue weighted by molar-refractivity contribution is -0.943. The van der Waals surface area contributed by atoms with Gasteiger partial charge in [0.2, 0.25) is 0 Å². The molecule has 4 fully saturated rings. The smallest absolute Gasteiger partial charge is 0.410 e. The maximum Gasteiger partial charge on any atom is 0.410 e. The predicted molar refractivity (Wildman–Crippen MR) is 157 cm³/mol. The lowest BCUT2D eigenvalue weighted by Gasteiger charge is -2.55. The van der Waals surface area contributed by atoms with E-state index in [2.05, 4.69) is 48.5 Å². The highest BCUT2D eigenvalue weighted by atomic mass is 35.5. The van der Waals surface area contributed by atoms with E-state index in [0.29, 0.717) is 35.2 Å². The van der Waals surface area contributed by atoms with Gasteiger partial charge in [0.25, 0.3) is 0 Å². The van der Waals surface area contributed by atoms with Crippen molar-refractivity contribution in [3.63, 3.8) is 0 Å². The van der Waals surface area contributed by atoms with E-state index in [-0.39, 0.29) is 23.9 Å². The van der Waals surface area contributed by atoms with Crippen LogP contribution in [0.15, 0.2) is 78.9 Å². The second kappa shape index (κ2) is 11.9. The number of quaternary nitrogens is 1. The van der Waals surface area contributed by atoms with Gasteiger partial charge in [0, 0.05) is 43.2 Å². The van der Waals surface area contributed by atoms with Gasteiger partial charge in [-0.1, -0.05) is 89.9 Å². The largest absolute Gasteiger partial charge is 1.00 e. The number of halogens is 3. The molecule has 1 amide bonds. The number of cyclic esters (lactones) is 1. The molecule has 0 spiro atoms. The molecule has 2 bridgehead atoms. The molecule has 4 aliphatic heterocycles. The summed E-state index contributed by atoms with van der Waals surface area (Å²) in [6.07, 6.45) is 5.59. The molecule has 4 saturated heterocycles. The molecule has 0 aromatic heterocycles. The first-order chi connectivity index (χ1) is 18.9. The summed E-state index contributed by atoms with van der Waals surface area (Å²) >= 11 is 12.8. The molecule has 4 nitrogen and oxygen atoms in total. The zero-order valence-electron chi connectivity index (χ0n) is 22.8. The molecule has 4 aliphatic rings. The lowest BCUT2D eigenvalue weighted by Crippen LogP contribution is -3.00. The Morgan fingerprint density at radius 1 is 0.825 bits per heavy atom. The summed E-state index contributed by atoms with van der Waals surface area (Å²) in [6, 6.07) is 27.2. The second-order valence-corrected chi connectivity index (χ2v) is 12.9. The number of hydrogen-bond donors (Lipinski definition) is 0. The summed E-state index contributed by atoms with van der Waals surface area (Å²) < 4.78 is 7.09. The van der Waals surface area contributed by atoms with Crippen LogP contribution in [0.4, 0.5) is 4.79 Å². The van der Waals surface area contributed by atoms with Gasteiger partial charge in [-0.05, 0) is 41.7 Å². The molecule has 4 heterocycles. The van der Waals surface area contributed by atoms with Crippen LogP contribution in [0.25, 0.3) is 0 Å². The average molecular weight is 600 g/mol. The normalized spacial score (nSPS) is 27.6. The Bertz CT molecular complexity index is 1300. The molecule has 0 saturated carbocycles. The van der Waals surface area contributed by atoms with Crippen LogP contribution < -0.4 is 12.4 Å². The fourth-order valence-corrected chi connectivity index (χ4v) is 7.66. The summed E-state index contributed by atoms with van der Waals surface area (Å²) in [6.45, 7) is 6.43. The first kappa shape index (κ1) is 29.3. The van der Waals surface area contributed by atoms with Gasteiger partial charge < -0.3 is 26.5 Å². The summed E-state index contributed by atoms with van der Waals surface area (Å²) in [5.41, 5.74) is 3.78. The van der Waals surface area contributed by atoms with Crippen molar-refractivity contribution in [2.75, 3.05) is 39.3 Å². The van der Waals surface area contributed by atoms with Gasteiger partial charge in [-0.25, -0.2) is 4.79 Å². The van der Waals surface area contributed by atoms with E-state index in [1.54, 1.807) is 0 Å². The number of carbonyl (C=O) groups excluding carboxylic acids is 1. The van der Waals surface area contributed by atoms with E-state index in [1.165, 1.54) is 55.5 Å². The number of fused-ring (bicyclic) bond motifs is 3. The molecule has 40 heavy (non-hydrogen) atoms. The number of hydrogen-bond acceptors (Lipinski definition) is 2. The van der Waals surface area contributed by atoms with Crippen LogP contribution >= 0.6 is 23.2 Å². The van der Waals surface area contributed by atoms with Crippen molar-refractivity contribution in [2.45, 2.75) is 49.5 Å². The van der Waals surface area contributed by atoms with Crippen molar-refractivity contribution in [2.24, 2.45) is 0 Å². The molecular weight excluding hydrogens is 563 g/mol. The van der Waals surface area contributed by atoms with Crippen molar-refractivity contribution < 1.29 is 26.4 Å². The summed E-state index contributed by atoms with van der Waals surface area (Å²) in [5, 5.41) is 1.10. The maximum absolute atomic E-state index is 12.9. The third-order valence-corrected chi connectivity index (χ3v) is 10.6. The number of piperidine rings is 3. The highest BCUT2D eigenvalue weighted by Crippen LogP contribution is 2.46. The van der Waals surface area contributed by atoms with Gasteiger partial charge in [-0.2, -0.15) is 0 Å². The molecule has 1 unspecified atom stereocenters. The van der Waals surface area contributed by atoms with Crippen LogP contribution in [0.2, 0.25) is 10.0 Å². The van der Waals surface area contributed by atoms with E-state index in [4.69, 9.17) is 27.9 Å². The molecular formula is C33H37Cl3N2O2. The van der Waals surface area contributed by atoms with Gasteiger partial charge in [0.15, 0.2) is 0 Å². The average Bonchev–Trinajstić information content (AvgIpc) is 2.98. The van der Waals surface area contributed by atoms with Crippen molar-refractivity contribution in [3.8, 4) is 0 Å². The van der Waals surface area contributed by atoms with Crippen LogP contribution in [0.5, 0.6) is 0 Å². The Morgan fingerprint density at radius 3 is 2.12 bits per heavy atom. The summed E-state index contributed by atoms with van der Waals surface area (Å²) in [5.74, 6) is 0. The Balaban J connectivity index is 0.00000323. The number of rotatable bonds is 8. The van der Waals surface area contributed by atoms with Gasteiger partial charge in [-0.3, -0.25) is 0 Å². The predicted octanol–water partition coefficient (Wildman–Crippen LogP) is 4.62. The maximum atomic E-state index is 12.9. The number of ether oxygens (including phenoxy) is 1. The standard InChI is InChI=1S/C33H37Cl2N2O2.ClH/c34-29-13-12-28(22-30(29)35)33(24-36(31(38)39-25-33)23-26-8-3-1-4-9-26)14-7-18-37-19-15-32(16-20-37,17-21-37)27-10-5-2-6-11-27;/h1-6,8-13,22H,7,14-21,23-25H2;1H/q+1;/p-1. The zero-order chi connectivity index (χ0) is 26.9. The first-order valence-corrected chi connectivity index (χ1v) is 15.0. The van der Waals surface area contributed by atoms with Crippen LogP contribution in [0, 0.1) is 0 Å². The summed E-state index contributed by atoms with van der Waals surface area (Å²) in [4.78, 5) is 14.7. The van der Waals surface area contributed by atoms with E-state index in [1.807, 2.05) is 35.2 Å². The van der Waals surface area contributed by atoms with E-state index in [0.717, 1.165) is 24.0 Å². The van der Waals surface area contributed by atoms with Crippen molar-refractivity contribution in [1.29, 1.82) is 0 Å².